The summed E-state index contributed by atoms with van der Waals surface area (Å²) < 4.78 is 5.41. The molecule has 0 unspecified atom stereocenters. The van der Waals surface area contributed by atoms with Crippen LogP contribution in [-0.4, -0.2) is 60.8 Å². The van der Waals surface area contributed by atoms with Crippen molar-refractivity contribution in [2.75, 3.05) is 51.1 Å². The number of benzene rings is 2. The Morgan fingerprint density at radius 2 is 1.86 bits per heavy atom. The summed E-state index contributed by atoms with van der Waals surface area (Å²) in [6.07, 6.45) is 2.08. The molecule has 2 aromatic carbocycles. The lowest BCUT2D eigenvalue weighted by molar-refractivity contribution is 0.201. The molecular weight excluding hydrogens is 374 g/mol. The molecule has 1 heterocycles. The molecule has 5 nitrogen and oxygen atoms in total. The fraction of sp³-hybridized carbons (Fsp3) is 0.409. The Labute approximate surface area is 171 Å². The third-order valence-electron chi connectivity index (χ3n) is 4.91. The Morgan fingerprint density at radius 1 is 1.04 bits per heavy atom. The second-order valence-corrected chi connectivity index (χ2v) is 7.15. The third-order valence-corrected chi connectivity index (χ3v) is 5.08. The first-order valence-electron chi connectivity index (χ1n) is 9.76. The monoisotopic (exact) mass is 401 g/mol. The van der Waals surface area contributed by atoms with Gasteiger partial charge in [0, 0.05) is 36.3 Å². The molecule has 0 spiro atoms. The highest BCUT2D eigenvalue weighted by Crippen LogP contribution is 2.32. The Morgan fingerprint density at radius 3 is 2.64 bits per heavy atom. The van der Waals surface area contributed by atoms with Crippen LogP contribution >= 0.6 is 11.6 Å². The molecule has 0 radical (unpaired) electrons. The van der Waals surface area contributed by atoms with Gasteiger partial charge < -0.3 is 15.2 Å². The van der Waals surface area contributed by atoms with Crippen molar-refractivity contribution in [2.45, 2.75) is 12.8 Å². The predicted octanol–water partition coefficient (Wildman–Crippen LogP) is 4.12. The molecule has 28 heavy (non-hydrogen) atoms. The van der Waals surface area contributed by atoms with Gasteiger partial charge in [0.05, 0.1) is 30.4 Å². The minimum Gasteiger partial charge on any atom is -0.497 e. The summed E-state index contributed by atoms with van der Waals surface area (Å²) >= 11 is 5.84. The van der Waals surface area contributed by atoms with E-state index < -0.39 is 0 Å². The molecule has 6 heteroatoms. The molecule has 3 aromatic rings. The van der Waals surface area contributed by atoms with E-state index in [4.69, 9.17) is 26.4 Å². The number of nitrogens with zero attached hydrogens (tertiary/aromatic N) is 2. The normalized spacial score (nSPS) is 11.4. The fourth-order valence-corrected chi connectivity index (χ4v) is 3.70. The highest BCUT2D eigenvalue weighted by molar-refractivity contribution is 6.18. The zero-order valence-corrected chi connectivity index (χ0v) is 17.1. The lowest BCUT2D eigenvalue weighted by Gasteiger charge is -2.20. The van der Waals surface area contributed by atoms with Gasteiger partial charge in [0.25, 0.3) is 0 Å². The van der Waals surface area contributed by atoms with Gasteiger partial charge in [-0.3, -0.25) is 4.90 Å². The first-order chi connectivity index (χ1) is 13.8. The van der Waals surface area contributed by atoms with Gasteiger partial charge in [-0.15, -0.1) is 11.6 Å². The summed E-state index contributed by atoms with van der Waals surface area (Å²) in [5.74, 6) is 1.42. The van der Waals surface area contributed by atoms with Gasteiger partial charge in [-0.05, 0) is 43.7 Å². The zero-order chi connectivity index (χ0) is 19.8. The maximum Gasteiger partial charge on any atom is 0.119 e. The van der Waals surface area contributed by atoms with E-state index in [-0.39, 0.29) is 6.61 Å². The van der Waals surface area contributed by atoms with Gasteiger partial charge in [-0.25, -0.2) is 4.98 Å². The standard InChI is InChI=1S/C22H28ClN3O2/c1-28-17-8-9-21-19(16-17)22(18-6-2-3-7-20(18)25-21)24-11-4-5-12-26(13-10-23)14-15-27/h2-3,6-9,16,27H,4-5,10-15H2,1H3,(H,24,25). The summed E-state index contributed by atoms with van der Waals surface area (Å²) in [5.41, 5.74) is 3.05. The van der Waals surface area contributed by atoms with Crippen LogP contribution in [0.2, 0.25) is 0 Å². The van der Waals surface area contributed by atoms with E-state index in [1.165, 1.54) is 0 Å². The average Bonchev–Trinajstić information content (AvgIpc) is 2.72. The molecule has 150 valence electrons. The highest BCUT2D eigenvalue weighted by Gasteiger charge is 2.10. The average molecular weight is 402 g/mol. The number of aliphatic hydroxyl groups excluding tert-OH is 1. The molecular formula is C22H28ClN3O2. The third kappa shape index (κ3) is 5.04. The highest BCUT2D eigenvalue weighted by atomic mass is 35.5. The van der Waals surface area contributed by atoms with Crippen molar-refractivity contribution in [3.63, 3.8) is 0 Å². The summed E-state index contributed by atoms with van der Waals surface area (Å²) in [7, 11) is 1.68. The van der Waals surface area contributed by atoms with Crippen molar-refractivity contribution in [2.24, 2.45) is 0 Å². The number of aliphatic hydroxyl groups is 1. The molecule has 0 fully saturated rings. The number of aromatic nitrogens is 1. The van der Waals surface area contributed by atoms with Crippen molar-refractivity contribution in [1.82, 2.24) is 9.88 Å². The molecule has 0 amide bonds. The number of hydrogen-bond acceptors (Lipinski definition) is 5. The number of halogens is 1. The Hall–Kier alpha value is -2.08. The van der Waals surface area contributed by atoms with Crippen molar-refractivity contribution < 1.29 is 9.84 Å². The number of para-hydroxylation sites is 1. The number of anilines is 1. The van der Waals surface area contributed by atoms with Crippen LogP contribution in [0.25, 0.3) is 21.8 Å². The predicted molar refractivity (Wildman–Crippen MR) is 118 cm³/mol. The molecule has 0 saturated heterocycles. The number of ether oxygens (including phenoxy) is 1. The number of nitrogens with one attached hydrogen (secondary N) is 1. The Kier molecular flexibility index (Phi) is 7.71. The van der Waals surface area contributed by atoms with Crippen LogP contribution in [0.3, 0.4) is 0 Å². The SMILES string of the molecule is COc1ccc2nc3ccccc3c(NCCCCN(CCO)CCCl)c2c1. The van der Waals surface area contributed by atoms with E-state index in [1.807, 2.05) is 36.4 Å². The fourth-order valence-electron chi connectivity index (χ4n) is 3.46. The molecule has 0 atom stereocenters. The van der Waals surface area contributed by atoms with Gasteiger partial charge in [-0.2, -0.15) is 0 Å². The quantitative estimate of drug-likeness (QED) is 0.287. The number of pyridine rings is 1. The van der Waals surface area contributed by atoms with Crippen molar-refractivity contribution >= 4 is 39.1 Å². The largest absolute Gasteiger partial charge is 0.497 e. The number of unbranched alkanes of at least 4 members (excludes halogenated alkanes) is 1. The molecule has 2 N–H and O–H groups in total. The van der Waals surface area contributed by atoms with Crippen LogP contribution in [-0.2, 0) is 0 Å². The van der Waals surface area contributed by atoms with Gasteiger partial charge in [0.1, 0.15) is 5.75 Å². The summed E-state index contributed by atoms with van der Waals surface area (Å²) in [6.45, 7) is 3.48. The number of hydrogen-bond donors (Lipinski definition) is 2. The minimum absolute atomic E-state index is 0.173. The molecule has 0 aliphatic carbocycles. The van der Waals surface area contributed by atoms with Crippen LogP contribution in [0.15, 0.2) is 42.5 Å². The maximum absolute atomic E-state index is 9.15. The van der Waals surface area contributed by atoms with Crippen LogP contribution in [0.4, 0.5) is 5.69 Å². The summed E-state index contributed by atoms with van der Waals surface area (Å²) in [6, 6.07) is 14.2. The van der Waals surface area contributed by atoms with Crippen molar-refractivity contribution in [3.8, 4) is 5.75 Å². The molecule has 0 bridgehead atoms. The van der Waals surface area contributed by atoms with Crippen LogP contribution < -0.4 is 10.1 Å². The minimum atomic E-state index is 0.173. The van der Waals surface area contributed by atoms with E-state index in [0.717, 1.165) is 65.7 Å². The van der Waals surface area contributed by atoms with Crippen LogP contribution in [0, 0.1) is 0 Å². The van der Waals surface area contributed by atoms with Crippen molar-refractivity contribution in [3.05, 3.63) is 42.5 Å². The second-order valence-electron chi connectivity index (χ2n) is 6.78. The van der Waals surface area contributed by atoms with Crippen LogP contribution in [0.5, 0.6) is 5.75 Å². The molecule has 3 rings (SSSR count). The lowest BCUT2D eigenvalue weighted by atomic mass is 10.1. The van der Waals surface area contributed by atoms with Gasteiger partial charge >= 0.3 is 0 Å². The van der Waals surface area contributed by atoms with Crippen LogP contribution in [0.1, 0.15) is 12.8 Å². The van der Waals surface area contributed by atoms with E-state index in [2.05, 4.69) is 16.3 Å². The van der Waals surface area contributed by atoms with Gasteiger partial charge in [0.15, 0.2) is 0 Å². The molecule has 1 aromatic heterocycles. The van der Waals surface area contributed by atoms with Gasteiger partial charge in [0.2, 0.25) is 0 Å². The number of fused-ring (bicyclic) bond motifs is 2. The zero-order valence-electron chi connectivity index (χ0n) is 16.3. The second kappa shape index (κ2) is 10.5. The first kappa shape index (κ1) is 20.6. The number of methoxy groups -OCH3 is 1. The van der Waals surface area contributed by atoms with Gasteiger partial charge in [-0.1, -0.05) is 18.2 Å². The molecule has 0 aliphatic rings. The smallest absolute Gasteiger partial charge is 0.119 e. The first-order valence-corrected chi connectivity index (χ1v) is 10.3. The topological polar surface area (TPSA) is 57.6 Å². The van der Waals surface area contributed by atoms with Crippen molar-refractivity contribution in [1.29, 1.82) is 0 Å². The number of rotatable bonds is 11. The van der Waals surface area contributed by atoms with E-state index in [1.54, 1.807) is 7.11 Å². The Bertz CT molecular complexity index is 897. The van der Waals surface area contributed by atoms with E-state index in [0.29, 0.717) is 12.4 Å². The molecule has 0 saturated carbocycles. The van der Waals surface area contributed by atoms with E-state index >= 15 is 0 Å². The molecule has 0 aliphatic heterocycles. The Balaban J connectivity index is 1.73. The summed E-state index contributed by atoms with van der Waals surface area (Å²) in [5, 5.41) is 15.0. The maximum atomic E-state index is 9.15. The van der Waals surface area contributed by atoms with E-state index in [9.17, 15) is 0 Å². The summed E-state index contributed by atoms with van der Waals surface area (Å²) in [4.78, 5) is 6.99. The lowest BCUT2D eigenvalue weighted by Crippen LogP contribution is -2.30. The number of alkyl halides is 1.